The molecule has 0 amide bonds. The number of ether oxygens (including phenoxy) is 3. The number of carbonyl (C=O) groups is 3. The number of carbonyl (C=O) groups excluding carboxylic acids is 3. The maximum atomic E-state index is 12.8. The molecule has 0 N–H and O–H groups in total. The first-order chi connectivity index (χ1) is 31.1. The molecule has 0 heterocycles. The number of nitrogens with zero attached hydrogens (tertiary/aromatic N) is 1. The molecule has 0 saturated carbocycles. The van der Waals surface area contributed by atoms with Gasteiger partial charge in [0.1, 0.15) is 12.6 Å². The lowest BCUT2D eigenvalue weighted by Crippen LogP contribution is -2.55. The van der Waals surface area contributed by atoms with Crippen molar-refractivity contribution in [2.24, 2.45) is 0 Å². The van der Waals surface area contributed by atoms with E-state index in [0.717, 1.165) is 109 Å². The SMILES string of the molecule is CC/C=C/C/C=C/C/C=C/C/C=C/C/C=C/C/C=C/CCCCCC(=O)OCC(COCCC(C(=O)[O-])[N+](C)(C)C)OC(=O)CCCCCCC/C=C/C=C/C=C/CCCCCCC. The summed E-state index contributed by atoms with van der Waals surface area (Å²) >= 11 is 0. The van der Waals surface area contributed by atoms with Gasteiger partial charge in [0.15, 0.2) is 6.10 Å². The van der Waals surface area contributed by atoms with Gasteiger partial charge in [0.25, 0.3) is 0 Å². The molecule has 0 rings (SSSR count). The lowest BCUT2D eigenvalue weighted by molar-refractivity contribution is -0.889. The Kier molecular flexibility index (Phi) is 42.7. The average Bonchev–Trinajstić information content (AvgIpc) is 3.26. The number of rotatable bonds is 43. The molecule has 0 aromatic rings. The number of quaternary nitrogens is 1. The summed E-state index contributed by atoms with van der Waals surface area (Å²) in [7, 11) is 5.38. The van der Waals surface area contributed by atoms with Gasteiger partial charge in [-0.15, -0.1) is 0 Å². The Morgan fingerprint density at radius 3 is 1.44 bits per heavy atom. The standard InChI is InChI=1S/C56H91NO7/c1-6-8-10-12-14-16-18-20-22-24-26-27-28-29-31-32-34-36-38-40-42-44-46-54(58)63-51-52(50-62-49-48-53(56(60)61)57(3,4)5)64-55(59)47-45-43-41-39-37-35-33-30-25-23-21-19-17-15-13-11-9-7-2/h8,10,14,16,19-23,25-27,29-31,33-34,36,52-53H,6-7,9,11-13,15,17-18,24,28,32,35,37-51H2,1-5H3/b10-8+,16-14+,21-19+,22-20+,25-23+,27-26+,31-29+,33-30+,36-34+. The van der Waals surface area contributed by atoms with Crippen molar-refractivity contribution in [2.45, 2.75) is 187 Å². The number of aliphatic carboxylic acids is 1. The highest BCUT2D eigenvalue weighted by atomic mass is 16.6. The van der Waals surface area contributed by atoms with Crippen molar-refractivity contribution in [1.29, 1.82) is 0 Å². The molecule has 2 atom stereocenters. The number of allylic oxidation sites excluding steroid dienone is 18. The van der Waals surface area contributed by atoms with E-state index >= 15 is 0 Å². The Hall–Kier alpha value is -4.01. The van der Waals surface area contributed by atoms with Crippen molar-refractivity contribution in [3.8, 4) is 0 Å². The van der Waals surface area contributed by atoms with Gasteiger partial charge in [0.05, 0.1) is 40.3 Å². The summed E-state index contributed by atoms with van der Waals surface area (Å²) in [6, 6.07) is -0.743. The highest BCUT2D eigenvalue weighted by molar-refractivity contribution is 5.70. The largest absolute Gasteiger partial charge is 0.544 e. The van der Waals surface area contributed by atoms with Gasteiger partial charge in [-0.05, 0) is 89.9 Å². The predicted molar refractivity (Wildman–Crippen MR) is 268 cm³/mol. The van der Waals surface area contributed by atoms with Gasteiger partial charge in [-0.2, -0.15) is 0 Å². The third-order valence-electron chi connectivity index (χ3n) is 10.5. The van der Waals surface area contributed by atoms with Crippen molar-refractivity contribution in [3.63, 3.8) is 0 Å². The summed E-state index contributed by atoms with van der Waals surface area (Å²) in [5.74, 6) is -1.82. The van der Waals surface area contributed by atoms with E-state index < -0.39 is 18.1 Å². The zero-order valence-electron chi connectivity index (χ0n) is 41.2. The molecule has 64 heavy (non-hydrogen) atoms. The summed E-state index contributed by atoms with van der Waals surface area (Å²) in [4.78, 5) is 37.0. The fourth-order valence-corrected chi connectivity index (χ4v) is 6.60. The van der Waals surface area contributed by atoms with Gasteiger partial charge in [-0.3, -0.25) is 9.59 Å². The normalized spacial score (nSPS) is 13.8. The minimum Gasteiger partial charge on any atom is -0.544 e. The molecule has 0 bridgehead atoms. The molecule has 0 aliphatic rings. The Morgan fingerprint density at radius 1 is 0.500 bits per heavy atom. The highest BCUT2D eigenvalue weighted by Gasteiger charge is 2.25. The van der Waals surface area contributed by atoms with Gasteiger partial charge >= 0.3 is 11.9 Å². The van der Waals surface area contributed by atoms with E-state index in [0.29, 0.717) is 6.42 Å². The topological polar surface area (TPSA) is 102 Å². The number of carboxylic acids is 1. The van der Waals surface area contributed by atoms with E-state index in [4.69, 9.17) is 14.2 Å². The lowest BCUT2D eigenvalue weighted by atomic mass is 10.1. The first-order valence-electron chi connectivity index (χ1n) is 24.9. The number of hydrogen-bond donors (Lipinski definition) is 0. The first-order valence-corrected chi connectivity index (χ1v) is 24.9. The molecule has 0 saturated heterocycles. The number of esters is 2. The van der Waals surface area contributed by atoms with Gasteiger partial charge in [-0.25, -0.2) is 0 Å². The molecule has 2 unspecified atom stereocenters. The van der Waals surface area contributed by atoms with Crippen molar-refractivity contribution in [1.82, 2.24) is 0 Å². The molecular formula is C56H91NO7. The summed E-state index contributed by atoms with van der Waals surface area (Å²) < 4.78 is 17.2. The first kappa shape index (κ1) is 60.0. The quantitative estimate of drug-likeness (QED) is 0.0197. The minimum absolute atomic E-state index is 0.0139. The number of hydrogen-bond acceptors (Lipinski definition) is 7. The minimum atomic E-state index is -1.14. The van der Waals surface area contributed by atoms with Crippen LogP contribution in [0.25, 0.3) is 0 Å². The Labute approximate surface area is 391 Å². The van der Waals surface area contributed by atoms with Crippen LogP contribution in [0.4, 0.5) is 0 Å². The molecule has 0 radical (unpaired) electrons. The van der Waals surface area contributed by atoms with Crippen molar-refractivity contribution < 1.29 is 38.2 Å². The van der Waals surface area contributed by atoms with Crippen LogP contribution in [0.15, 0.2) is 109 Å². The van der Waals surface area contributed by atoms with E-state index in [2.05, 4.69) is 123 Å². The molecule has 0 aromatic heterocycles. The van der Waals surface area contributed by atoms with Crippen LogP contribution in [0.1, 0.15) is 174 Å². The number of carboxylic acid groups (broad SMARTS) is 1. The van der Waals surface area contributed by atoms with Gasteiger partial charge < -0.3 is 28.6 Å². The van der Waals surface area contributed by atoms with Crippen LogP contribution in [0, 0.1) is 0 Å². The fraction of sp³-hybridized carbons (Fsp3) is 0.625. The monoisotopic (exact) mass is 890 g/mol. The van der Waals surface area contributed by atoms with E-state index in [1.807, 2.05) is 0 Å². The van der Waals surface area contributed by atoms with Crippen LogP contribution in [0.3, 0.4) is 0 Å². The molecule has 362 valence electrons. The lowest BCUT2D eigenvalue weighted by Gasteiger charge is -2.34. The van der Waals surface area contributed by atoms with Gasteiger partial charge in [0.2, 0.25) is 0 Å². The van der Waals surface area contributed by atoms with E-state index in [1.165, 1.54) is 32.1 Å². The molecule has 0 aliphatic carbocycles. The van der Waals surface area contributed by atoms with Crippen LogP contribution in [-0.4, -0.2) is 75.5 Å². The van der Waals surface area contributed by atoms with Gasteiger partial charge in [0, 0.05) is 19.3 Å². The summed E-state index contributed by atoms with van der Waals surface area (Å²) in [6.45, 7) is 4.46. The average molecular weight is 890 g/mol. The zero-order chi connectivity index (χ0) is 47.0. The molecule has 0 fully saturated rings. The summed E-state index contributed by atoms with van der Waals surface area (Å²) in [5.41, 5.74) is 0. The molecular weight excluding hydrogens is 799 g/mol. The third kappa shape index (κ3) is 43.3. The third-order valence-corrected chi connectivity index (χ3v) is 10.5. The number of unbranched alkanes of at least 4 members (excludes halogenated alkanes) is 13. The molecule has 8 heteroatoms. The second-order valence-corrected chi connectivity index (χ2v) is 17.4. The van der Waals surface area contributed by atoms with Crippen LogP contribution < -0.4 is 5.11 Å². The zero-order valence-corrected chi connectivity index (χ0v) is 41.2. The van der Waals surface area contributed by atoms with E-state index in [1.54, 1.807) is 21.1 Å². The smallest absolute Gasteiger partial charge is 0.306 e. The molecule has 0 aromatic carbocycles. The fourth-order valence-electron chi connectivity index (χ4n) is 6.60. The molecule has 8 nitrogen and oxygen atoms in total. The van der Waals surface area contributed by atoms with Crippen molar-refractivity contribution >= 4 is 17.9 Å². The van der Waals surface area contributed by atoms with Crippen LogP contribution >= 0.6 is 0 Å². The second-order valence-electron chi connectivity index (χ2n) is 17.4. The maximum Gasteiger partial charge on any atom is 0.306 e. The van der Waals surface area contributed by atoms with Gasteiger partial charge in [-0.1, -0.05) is 175 Å². The van der Waals surface area contributed by atoms with Crippen LogP contribution in [-0.2, 0) is 28.6 Å². The number of likely N-dealkylation sites (N-methyl/N-ethyl adjacent to an activating group) is 1. The summed E-state index contributed by atoms with van der Waals surface area (Å²) in [5, 5.41) is 11.7. The Bertz CT molecular complexity index is 1410. The Balaban J connectivity index is 4.41. The predicted octanol–water partition coefficient (Wildman–Crippen LogP) is 13.1. The Morgan fingerprint density at radius 2 is 0.938 bits per heavy atom. The van der Waals surface area contributed by atoms with E-state index in [9.17, 15) is 19.5 Å². The van der Waals surface area contributed by atoms with E-state index in [-0.39, 0.29) is 49.1 Å². The molecule has 0 spiro atoms. The van der Waals surface area contributed by atoms with Crippen molar-refractivity contribution in [3.05, 3.63) is 109 Å². The maximum absolute atomic E-state index is 12.8. The van der Waals surface area contributed by atoms with Crippen molar-refractivity contribution in [2.75, 3.05) is 41.0 Å². The summed E-state index contributed by atoms with van der Waals surface area (Å²) in [6.07, 6.45) is 62.6. The van der Waals surface area contributed by atoms with Crippen LogP contribution in [0.5, 0.6) is 0 Å². The van der Waals surface area contributed by atoms with Crippen LogP contribution in [0.2, 0.25) is 0 Å². The second kappa shape index (κ2) is 45.6. The molecule has 0 aliphatic heterocycles. The highest BCUT2D eigenvalue weighted by Crippen LogP contribution is 2.12.